The van der Waals surface area contributed by atoms with Crippen molar-refractivity contribution in [3.05, 3.63) is 23.8 Å². The van der Waals surface area contributed by atoms with Crippen molar-refractivity contribution < 1.29 is 4.74 Å². The van der Waals surface area contributed by atoms with Gasteiger partial charge in [0, 0.05) is 5.41 Å². The predicted octanol–water partition coefficient (Wildman–Crippen LogP) is 3.75. The second-order valence-corrected chi connectivity index (χ2v) is 6.12. The summed E-state index contributed by atoms with van der Waals surface area (Å²) in [6, 6.07) is 6.82. The monoisotopic (exact) mass is 231 g/mol. The lowest BCUT2D eigenvalue weighted by molar-refractivity contribution is 0.0171. The molecule has 1 aromatic carbocycles. The van der Waals surface area contributed by atoms with Crippen LogP contribution in [0.3, 0.4) is 0 Å². The largest absolute Gasteiger partial charge is 0.485 e. The van der Waals surface area contributed by atoms with E-state index in [0.717, 1.165) is 5.75 Å². The minimum Gasteiger partial charge on any atom is -0.485 e. The van der Waals surface area contributed by atoms with E-state index in [1.54, 1.807) is 0 Å². The van der Waals surface area contributed by atoms with Gasteiger partial charge >= 0.3 is 0 Å². The van der Waals surface area contributed by atoms with Crippen LogP contribution in [0.1, 0.15) is 38.7 Å². The van der Waals surface area contributed by atoms with Crippen molar-refractivity contribution in [2.24, 2.45) is 5.41 Å². The fraction of sp³-hybridized carbons (Fsp3) is 0.600. The van der Waals surface area contributed by atoms with E-state index in [-0.39, 0.29) is 5.41 Å². The molecule has 2 atom stereocenters. The van der Waals surface area contributed by atoms with Gasteiger partial charge in [-0.1, -0.05) is 32.4 Å². The molecule has 0 saturated heterocycles. The van der Waals surface area contributed by atoms with Crippen LogP contribution in [0.25, 0.3) is 0 Å². The second kappa shape index (κ2) is 3.66. The summed E-state index contributed by atoms with van der Waals surface area (Å²) in [6.45, 7) is 6.78. The van der Waals surface area contributed by atoms with Gasteiger partial charge in [-0.2, -0.15) is 0 Å². The number of rotatable bonds is 0. The number of hydrogen-bond acceptors (Lipinski definition) is 2. The Bertz CT molecular complexity index is 439. The average molecular weight is 231 g/mol. The summed E-state index contributed by atoms with van der Waals surface area (Å²) in [4.78, 5) is 0. The number of anilines is 1. The third kappa shape index (κ3) is 1.70. The molecule has 2 nitrogen and oxygen atoms in total. The fourth-order valence-corrected chi connectivity index (χ4v) is 3.25. The summed E-state index contributed by atoms with van der Waals surface area (Å²) in [5.41, 5.74) is 2.68. The van der Waals surface area contributed by atoms with E-state index >= 15 is 0 Å². The van der Waals surface area contributed by atoms with Gasteiger partial charge in [0.1, 0.15) is 11.9 Å². The van der Waals surface area contributed by atoms with Crippen molar-refractivity contribution in [2.45, 2.75) is 52.2 Å². The molecule has 2 heteroatoms. The molecule has 17 heavy (non-hydrogen) atoms. The van der Waals surface area contributed by atoms with Gasteiger partial charge in [0.25, 0.3) is 0 Å². The Morgan fingerprint density at radius 1 is 1.35 bits per heavy atom. The molecular formula is C15H21NO. The highest BCUT2D eigenvalue weighted by Gasteiger charge is 2.43. The fourth-order valence-electron chi connectivity index (χ4n) is 3.25. The zero-order valence-corrected chi connectivity index (χ0v) is 10.9. The van der Waals surface area contributed by atoms with Crippen molar-refractivity contribution in [1.82, 2.24) is 0 Å². The first-order valence-electron chi connectivity index (χ1n) is 6.61. The van der Waals surface area contributed by atoms with Crippen LogP contribution in [0.5, 0.6) is 5.75 Å². The lowest BCUT2D eigenvalue weighted by Crippen LogP contribution is -2.52. The highest BCUT2D eigenvalue weighted by atomic mass is 16.5. The summed E-state index contributed by atoms with van der Waals surface area (Å²) in [5.74, 6) is 1.06. The molecule has 3 rings (SSSR count). The standard InChI is InChI=1S/C15H21NO/c1-10-6-4-7-11-13(10)17-14-12(16-11)8-5-9-15(14,2)3/h4,6-7,12,14,16H,5,8-9H2,1-3H3. The summed E-state index contributed by atoms with van der Waals surface area (Å²) in [7, 11) is 0. The lowest BCUT2D eigenvalue weighted by atomic mass is 9.72. The Balaban J connectivity index is 1.99. The molecular weight excluding hydrogens is 210 g/mol. The van der Waals surface area contributed by atoms with E-state index in [1.165, 1.54) is 30.5 Å². The van der Waals surface area contributed by atoms with Crippen LogP contribution in [-0.2, 0) is 0 Å². The zero-order chi connectivity index (χ0) is 12.0. The molecule has 0 aromatic heterocycles. The zero-order valence-electron chi connectivity index (χ0n) is 10.9. The molecule has 92 valence electrons. The first-order chi connectivity index (χ1) is 8.08. The molecule has 1 aliphatic carbocycles. The van der Waals surface area contributed by atoms with Gasteiger partial charge in [0.05, 0.1) is 11.7 Å². The Hall–Kier alpha value is -1.18. The van der Waals surface area contributed by atoms with Gasteiger partial charge in [-0.15, -0.1) is 0 Å². The van der Waals surface area contributed by atoms with Crippen LogP contribution in [0.4, 0.5) is 5.69 Å². The van der Waals surface area contributed by atoms with E-state index in [9.17, 15) is 0 Å². The molecule has 1 heterocycles. The minimum absolute atomic E-state index is 0.274. The third-order valence-corrected chi connectivity index (χ3v) is 4.27. The van der Waals surface area contributed by atoms with Crippen LogP contribution in [-0.4, -0.2) is 12.1 Å². The van der Waals surface area contributed by atoms with Gasteiger partial charge in [-0.05, 0) is 31.4 Å². The van der Waals surface area contributed by atoms with Crippen LogP contribution < -0.4 is 10.1 Å². The molecule has 0 radical (unpaired) electrons. The average Bonchev–Trinajstić information content (AvgIpc) is 2.27. The molecule has 1 aliphatic heterocycles. The van der Waals surface area contributed by atoms with Crippen LogP contribution >= 0.6 is 0 Å². The Kier molecular flexibility index (Phi) is 2.35. The normalized spacial score (nSPS) is 29.6. The molecule has 0 bridgehead atoms. The van der Waals surface area contributed by atoms with E-state index in [1.807, 2.05) is 0 Å². The number of hydrogen-bond donors (Lipinski definition) is 1. The SMILES string of the molecule is Cc1cccc2c1OC1C(CCCC1(C)C)N2. The summed E-state index contributed by atoms with van der Waals surface area (Å²) in [6.07, 6.45) is 4.09. The number of fused-ring (bicyclic) bond motifs is 2. The summed E-state index contributed by atoms with van der Waals surface area (Å²) in [5, 5.41) is 3.67. The van der Waals surface area contributed by atoms with Crippen LogP contribution in [0.15, 0.2) is 18.2 Å². The van der Waals surface area contributed by atoms with E-state index in [0.29, 0.717) is 12.1 Å². The maximum Gasteiger partial charge on any atom is 0.145 e. The van der Waals surface area contributed by atoms with E-state index in [2.05, 4.69) is 44.3 Å². The number of nitrogens with one attached hydrogen (secondary N) is 1. The van der Waals surface area contributed by atoms with Gasteiger partial charge in [0.15, 0.2) is 0 Å². The molecule has 2 unspecified atom stereocenters. The third-order valence-electron chi connectivity index (χ3n) is 4.27. The summed E-state index contributed by atoms with van der Waals surface area (Å²) >= 11 is 0. The summed E-state index contributed by atoms with van der Waals surface area (Å²) < 4.78 is 6.32. The molecule has 1 fully saturated rings. The maximum atomic E-state index is 6.32. The van der Waals surface area contributed by atoms with Gasteiger partial charge in [0.2, 0.25) is 0 Å². The number of benzene rings is 1. The van der Waals surface area contributed by atoms with Crippen molar-refractivity contribution in [2.75, 3.05) is 5.32 Å². The van der Waals surface area contributed by atoms with Crippen molar-refractivity contribution >= 4 is 5.69 Å². The number of aryl methyl sites for hydroxylation is 1. The first-order valence-corrected chi connectivity index (χ1v) is 6.61. The van der Waals surface area contributed by atoms with Crippen molar-refractivity contribution in [3.63, 3.8) is 0 Å². The van der Waals surface area contributed by atoms with Crippen molar-refractivity contribution in [1.29, 1.82) is 0 Å². The Morgan fingerprint density at radius 2 is 2.18 bits per heavy atom. The quantitative estimate of drug-likeness (QED) is 0.734. The predicted molar refractivity (Wildman–Crippen MR) is 70.6 cm³/mol. The molecule has 0 spiro atoms. The topological polar surface area (TPSA) is 21.3 Å². The minimum atomic E-state index is 0.274. The highest BCUT2D eigenvalue weighted by Crippen LogP contribution is 2.45. The lowest BCUT2D eigenvalue weighted by Gasteiger charge is -2.47. The van der Waals surface area contributed by atoms with Crippen LogP contribution in [0.2, 0.25) is 0 Å². The Morgan fingerprint density at radius 3 is 3.00 bits per heavy atom. The van der Waals surface area contributed by atoms with Gasteiger partial charge < -0.3 is 10.1 Å². The van der Waals surface area contributed by atoms with E-state index in [4.69, 9.17) is 4.74 Å². The smallest absolute Gasteiger partial charge is 0.145 e. The first kappa shape index (κ1) is 10.9. The van der Waals surface area contributed by atoms with Gasteiger partial charge in [-0.25, -0.2) is 0 Å². The van der Waals surface area contributed by atoms with Crippen LogP contribution in [0, 0.1) is 12.3 Å². The number of para-hydroxylation sites is 1. The van der Waals surface area contributed by atoms with Crippen molar-refractivity contribution in [3.8, 4) is 5.75 Å². The number of ether oxygens (including phenoxy) is 1. The molecule has 0 amide bonds. The highest BCUT2D eigenvalue weighted by molar-refractivity contribution is 5.62. The van der Waals surface area contributed by atoms with Gasteiger partial charge in [-0.3, -0.25) is 0 Å². The Labute approximate surface area is 103 Å². The maximum absolute atomic E-state index is 6.32. The molecule has 1 saturated carbocycles. The molecule has 1 aromatic rings. The van der Waals surface area contributed by atoms with E-state index < -0.39 is 0 Å². The molecule has 1 N–H and O–H groups in total. The second-order valence-electron chi connectivity index (χ2n) is 6.12. The molecule has 2 aliphatic rings.